The summed E-state index contributed by atoms with van der Waals surface area (Å²) in [5.74, 6) is 0.512. The number of aryl methyl sites for hydroxylation is 1. The van der Waals surface area contributed by atoms with Crippen LogP contribution in [0.15, 0.2) is 60.8 Å². The normalized spacial score (nSPS) is 13.8. The third-order valence-electron chi connectivity index (χ3n) is 6.89. The van der Waals surface area contributed by atoms with E-state index in [0.717, 1.165) is 11.9 Å². The number of carbonyl (C=O) groups excluding carboxylic acids is 2. The van der Waals surface area contributed by atoms with Crippen LogP contribution >= 0.6 is 0 Å². The van der Waals surface area contributed by atoms with Crippen molar-refractivity contribution in [1.82, 2.24) is 24.9 Å². The highest BCUT2D eigenvalue weighted by molar-refractivity contribution is 6.01. The summed E-state index contributed by atoms with van der Waals surface area (Å²) in [6.45, 7) is 6.68. The van der Waals surface area contributed by atoms with Gasteiger partial charge in [0.2, 0.25) is 11.8 Å². The molecule has 0 unspecified atom stereocenters. The van der Waals surface area contributed by atoms with Gasteiger partial charge in [-0.05, 0) is 56.7 Å². The Morgan fingerprint density at radius 1 is 1.08 bits per heavy atom. The summed E-state index contributed by atoms with van der Waals surface area (Å²) in [6.07, 6.45) is 2.58. The van der Waals surface area contributed by atoms with Gasteiger partial charge in [0.1, 0.15) is 25.3 Å². The number of amides is 2. The zero-order chi connectivity index (χ0) is 26.9. The Morgan fingerprint density at radius 2 is 1.84 bits per heavy atom. The number of hydrogen-bond donors (Lipinski definition) is 1. The summed E-state index contributed by atoms with van der Waals surface area (Å²) in [5, 5.41) is 11.5. The first-order chi connectivity index (χ1) is 18.3. The number of nitrogens with zero attached hydrogens (tertiary/aromatic N) is 5. The van der Waals surface area contributed by atoms with E-state index >= 15 is 0 Å². The Bertz CT molecular complexity index is 1470. The molecular formula is C28H32N6O4. The van der Waals surface area contributed by atoms with Crippen LogP contribution in [-0.4, -0.2) is 50.1 Å². The second-order valence-corrected chi connectivity index (χ2v) is 10.0. The van der Waals surface area contributed by atoms with E-state index in [2.05, 4.69) is 15.6 Å². The first-order valence-corrected chi connectivity index (χ1v) is 12.7. The minimum absolute atomic E-state index is 0.111. The third-order valence-corrected chi connectivity index (χ3v) is 6.89. The molecule has 10 nitrogen and oxygen atoms in total. The van der Waals surface area contributed by atoms with Crippen molar-refractivity contribution in [2.45, 2.75) is 45.3 Å². The van der Waals surface area contributed by atoms with E-state index < -0.39 is 11.6 Å². The largest absolute Gasteiger partial charge is 0.486 e. The van der Waals surface area contributed by atoms with Crippen LogP contribution in [0.1, 0.15) is 38.9 Å². The van der Waals surface area contributed by atoms with Crippen molar-refractivity contribution < 1.29 is 19.1 Å². The Labute approximate surface area is 221 Å². The molecule has 0 aliphatic carbocycles. The molecule has 1 aliphatic rings. The Kier molecular flexibility index (Phi) is 6.79. The van der Waals surface area contributed by atoms with E-state index in [0.29, 0.717) is 41.6 Å². The van der Waals surface area contributed by atoms with E-state index in [1.807, 2.05) is 75.0 Å². The van der Waals surface area contributed by atoms with E-state index in [-0.39, 0.29) is 18.4 Å². The number of anilines is 1. The summed E-state index contributed by atoms with van der Waals surface area (Å²) >= 11 is 0. The first-order valence-electron chi connectivity index (χ1n) is 12.7. The molecule has 1 N–H and O–H groups in total. The number of aromatic nitrogens is 4. The number of ether oxygens (including phenoxy) is 2. The van der Waals surface area contributed by atoms with Crippen molar-refractivity contribution in [3.63, 3.8) is 0 Å². The molecule has 2 aromatic carbocycles. The Balaban J connectivity index is 1.62. The van der Waals surface area contributed by atoms with Gasteiger partial charge in [-0.1, -0.05) is 24.3 Å². The molecular weight excluding hydrogens is 484 g/mol. The van der Waals surface area contributed by atoms with E-state index in [1.54, 1.807) is 22.9 Å². The Morgan fingerprint density at radius 3 is 2.58 bits per heavy atom. The van der Waals surface area contributed by atoms with Crippen LogP contribution in [0.5, 0.6) is 11.5 Å². The van der Waals surface area contributed by atoms with Gasteiger partial charge < -0.3 is 19.4 Å². The maximum atomic E-state index is 14.2. The number of nitrogens with one attached hydrogen (secondary N) is 1. The summed E-state index contributed by atoms with van der Waals surface area (Å²) in [7, 11) is 1.86. The third kappa shape index (κ3) is 4.93. The molecule has 0 saturated carbocycles. The quantitative estimate of drug-likeness (QED) is 0.384. The van der Waals surface area contributed by atoms with Crippen molar-refractivity contribution in [2.24, 2.45) is 7.05 Å². The average molecular weight is 517 g/mol. The van der Waals surface area contributed by atoms with Crippen LogP contribution in [0, 0.1) is 0 Å². The van der Waals surface area contributed by atoms with Crippen molar-refractivity contribution >= 4 is 28.5 Å². The predicted octanol–water partition coefficient (Wildman–Crippen LogP) is 3.62. The van der Waals surface area contributed by atoms with Gasteiger partial charge in [-0.3, -0.25) is 14.5 Å². The second-order valence-electron chi connectivity index (χ2n) is 10.0. The number of para-hydroxylation sites is 1. The number of benzene rings is 2. The van der Waals surface area contributed by atoms with Crippen molar-refractivity contribution in [2.75, 3.05) is 18.1 Å². The molecule has 0 bridgehead atoms. The Hall–Kier alpha value is -4.34. The lowest BCUT2D eigenvalue weighted by atomic mass is 10.00. The lowest BCUT2D eigenvalue weighted by molar-refractivity contribution is -0.128. The van der Waals surface area contributed by atoms with Gasteiger partial charge >= 0.3 is 0 Å². The van der Waals surface area contributed by atoms with Crippen molar-refractivity contribution in [3.8, 4) is 11.5 Å². The highest BCUT2D eigenvalue weighted by atomic mass is 16.6. The van der Waals surface area contributed by atoms with Gasteiger partial charge in [-0.15, -0.1) is 5.10 Å². The monoisotopic (exact) mass is 516 g/mol. The van der Waals surface area contributed by atoms with E-state index in [9.17, 15) is 9.59 Å². The molecule has 2 amide bonds. The van der Waals surface area contributed by atoms with Gasteiger partial charge in [0.25, 0.3) is 0 Å². The predicted molar refractivity (Wildman–Crippen MR) is 143 cm³/mol. The van der Waals surface area contributed by atoms with Gasteiger partial charge in [0.15, 0.2) is 17.5 Å². The van der Waals surface area contributed by atoms with Gasteiger partial charge in [0.05, 0.1) is 11.2 Å². The molecule has 38 heavy (non-hydrogen) atoms. The highest BCUT2D eigenvalue weighted by Gasteiger charge is 2.37. The van der Waals surface area contributed by atoms with Crippen LogP contribution < -0.4 is 19.7 Å². The fourth-order valence-corrected chi connectivity index (χ4v) is 4.49. The highest BCUT2D eigenvalue weighted by Crippen LogP contribution is 2.37. The molecule has 0 spiro atoms. The maximum Gasteiger partial charge on any atom is 0.249 e. The second kappa shape index (κ2) is 10.2. The molecule has 4 aromatic rings. The zero-order valence-corrected chi connectivity index (χ0v) is 22.0. The molecule has 1 atom stereocenters. The summed E-state index contributed by atoms with van der Waals surface area (Å²) < 4.78 is 14.9. The van der Waals surface area contributed by atoms with Gasteiger partial charge in [0, 0.05) is 30.5 Å². The fraction of sp³-hybridized carbons (Fsp3) is 0.357. The number of rotatable bonds is 8. The van der Waals surface area contributed by atoms with Gasteiger partial charge in [-0.25, -0.2) is 4.68 Å². The summed E-state index contributed by atoms with van der Waals surface area (Å²) in [6, 6.07) is 15.5. The summed E-state index contributed by atoms with van der Waals surface area (Å²) in [4.78, 5) is 29.7. The van der Waals surface area contributed by atoms with Crippen LogP contribution in [0.2, 0.25) is 0 Å². The molecule has 0 fully saturated rings. The molecule has 0 saturated heterocycles. The average Bonchev–Trinajstić information content (AvgIpc) is 3.52. The van der Waals surface area contributed by atoms with Gasteiger partial charge in [-0.2, -0.15) is 0 Å². The lowest BCUT2D eigenvalue weighted by Gasteiger charge is -2.35. The van der Waals surface area contributed by atoms with Crippen LogP contribution in [0.25, 0.3) is 11.0 Å². The molecule has 1 aliphatic heterocycles. The number of carbonyl (C=O) groups is 2. The minimum Gasteiger partial charge on any atom is -0.486 e. The van der Waals surface area contributed by atoms with Crippen LogP contribution in [-0.2, 0) is 23.2 Å². The smallest absolute Gasteiger partial charge is 0.249 e. The van der Waals surface area contributed by atoms with Crippen molar-refractivity contribution in [3.05, 3.63) is 66.5 Å². The number of hydrogen-bond acceptors (Lipinski definition) is 6. The molecule has 198 valence electrons. The van der Waals surface area contributed by atoms with E-state index in [1.165, 1.54) is 4.90 Å². The standard InChI is InChI=1S/C28H32N6O4/c1-5-28(2,3)29-27(36)26(22-11-8-14-32(22)4)34(19-12-13-23-24(17-19)38-16-15-37-23)25(35)18-33-21-10-7-6-9-20(21)30-31-33/h6-14,17,26H,5,15-16,18H2,1-4H3,(H,29,36)/t26-/m1/s1. The lowest BCUT2D eigenvalue weighted by Crippen LogP contribution is -2.51. The first kappa shape index (κ1) is 25.3. The van der Waals surface area contributed by atoms with Crippen LogP contribution in [0.3, 0.4) is 0 Å². The maximum absolute atomic E-state index is 14.2. The van der Waals surface area contributed by atoms with E-state index in [4.69, 9.17) is 9.47 Å². The van der Waals surface area contributed by atoms with Crippen LogP contribution in [0.4, 0.5) is 5.69 Å². The molecule has 0 radical (unpaired) electrons. The van der Waals surface area contributed by atoms with Crippen molar-refractivity contribution in [1.29, 1.82) is 0 Å². The fourth-order valence-electron chi connectivity index (χ4n) is 4.49. The topological polar surface area (TPSA) is 104 Å². The zero-order valence-electron chi connectivity index (χ0n) is 22.0. The summed E-state index contributed by atoms with van der Waals surface area (Å²) in [5.41, 5.74) is 2.13. The number of fused-ring (bicyclic) bond motifs is 2. The molecule has 3 heterocycles. The molecule has 2 aromatic heterocycles. The molecule has 10 heteroatoms. The molecule has 5 rings (SSSR count). The SMILES string of the molecule is CCC(C)(C)NC(=O)[C@@H](c1cccn1C)N(C(=O)Cn1nnc2ccccc21)c1ccc2c(c1)OCCO2. The minimum atomic E-state index is -0.953.